The zero-order chi connectivity index (χ0) is 12.5. The molecule has 88 valence electrons. The molecule has 18 heavy (non-hydrogen) atoms. The van der Waals surface area contributed by atoms with Gasteiger partial charge in [0.05, 0.1) is 17.4 Å². The smallest absolute Gasteiger partial charge is 0.248 e. The van der Waals surface area contributed by atoms with Crippen LogP contribution in [0, 0.1) is 0 Å². The Morgan fingerprint density at radius 2 is 1.83 bits per heavy atom. The third kappa shape index (κ3) is 1.64. The van der Waals surface area contributed by atoms with Gasteiger partial charge in [-0.25, -0.2) is 4.52 Å². The number of nitrogens with zero attached hydrogens (tertiary/aromatic N) is 2. The van der Waals surface area contributed by atoms with Crippen LogP contribution in [-0.4, -0.2) is 15.5 Å². The van der Waals surface area contributed by atoms with Crippen LogP contribution in [0.1, 0.15) is 10.4 Å². The first-order valence-corrected chi connectivity index (χ1v) is 5.59. The molecule has 0 atom stereocenters. The molecule has 0 aliphatic heterocycles. The van der Waals surface area contributed by atoms with Crippen molar-refractivity contribution in [1.29, 1.82) is 0 Å². The van der Waals surface area contributed by atoms with Crippen LogP contribution in [0.5, 0.6) is 0 Å². The first kappa shape index (κ1) is 10.5. The van der Waals surface area contributed by atoms with Crippen LogP contribution >= 0.6 is 0 Å². The second-order valence-corrected chi connectivity index (χ2v) is 4.02. The van der Waals surface area contributed by atoms with Gasteiger partial charge in [0, 0.05) is 11.1 Å². The molecule has 0 spiro atoms. The molecule has 1 amide bonds. The Kier molecular flexibility index (Phi) is 2.34. The molecular weight excluding hydrogens is 226 g/mol. The van der Waals surface area contributed by atoms with E-state index in [0.29, 0.717) is 5.56 Å². The fourth-order valence-electron chi connectivity index (χ4n) is 1.97. The summed E-state index contributed by atoms with van der Waals surface area (Å²) < 4.78 is 1.86. The molecule has 0 aliphatic carbocycles. The number of aromatic nitrogens is 2. The van der Waals surface area contributed by atoms with Crippen molar-refractivity contribution in [2.45, 2.75) is 0 Å². The maximum atomic E-state index is 11.0. The highest BCUT2D eigenvalue weighted by Crippen LogP contribution is 2.20. The number of fused-ring (bicyclic) bond motifs is 1. The van der Waals surface area contributed by atoms with E-state index in [1.165, 1.54) is 0 Å². The van der Waals surface area contributed by atoms with E-state index in [1.807, 2.05) is 40.9 Å². The summed E-state index contributed by atoms with van der Waals surface area (Å²) in [6.45, 7) is 0. The topological polar surface area (TPSA) is 60.4 Å². The van der Waals surface area contributed by atoms with Crippen molar-refractivity contribution < 1.29 is 4.79 Å². The summed E-state index contributed by atoms with van der Waals surface area (Å²) in [7, 11) is 0. The lowest BCUT2D eigenvalue weighted by molar-refractivity contribution is 0.100. The zero-order valence-corrected chi connectivity index (χ0v) is 9.58. The number of primary amides is 1. The lowest BCUT2D eigenvalue weighted by Gasteiger charge is -2.05. The van der Waals surface area contributed by atoms with Gasteiger partial charge < -0.3 is 5.73 Å². The normalized spacial score (nSPS) is 10.7. The SMILES string of the molecule is NC(=O)c1ccc(-c2cccc3ccnn23)cc1. The van der Waals surface area contributed by atoms with Gasteiger partial charge in [-0.05, 0) is 30.3 Å². The van der Waals surface area contributed by atoms with Gasteiger partial charge in [-0.15, -0.1) is 0 Å². The molecule has 1 aromatic carbocycles. The summed E-state index contributed by atoms with van der Waals surface area (Å²) in [6, 6.07) is 15.1. The molecule has 2 aromatic heterocycles. The third-order valence-electron chi connectivity index (χ3n) is 2.89. The highest BCUT2D eigenvalue weighted by atomic mass is 16.1. The fourth-order valence-corrected chi connectivity index (χ4v) is 1.97. The number of amides is 1. The van der Waals surface area contributed by atoms with Gasteiger partial charge in [-0.1, -0.05) is 18.2 Å². The van der Waals surface area contributed by atoms with Gasteiger partial charge >= 0.3 is 0 Å². The van der Waals surface area contributed by atoms with Crippen LogP contribution in [0.25, 0.3) is 16.8 Å². The van der Waals surface area contributed by atoms with Gasteiger partial charge in [0.1, 0.15) is 0 Å². The number of rotatable bonds is 2. The molecule has 4 heteroatoms. The number of benzene rings is 1. The van der Waals surface area contributed by atoms with E-state index >= 15 is 0 Å². The molecule has 3 rings (SSSR count). The predicted molar refractivity (Wildman–Crippen MR) is 69.1 cm³/mol. The minimum Gasteiger partial charge on any atom is -0.366 e. The van der Waals surface area contributed by atoms with E-state index in [9.17, 15) is 4.79 Å². The van der Waals surface area contributed by atoms with Crippen LogP contribution in [0.2, 0.25) is 0 Å². The standard InChI is InChI=1S/C14H11N3O/c15-14(18)11-6-4-10(5-7-11)13-3-1-2-12-8-9-16-17(12)13/h1-9H,(H2,15,18). The Hall–Kier alpha value is -2.62. The van der Waals surface area contributed by atoms with Crippen molar-refractivity contribution in [1.82, 2.24) is 9.61 Å². The molecule has 4 nitrogen and oxygen atoms in total. The van der Waals surface area contributed by atoms with E-state index in [2.05, 4.69) is 5.10 Å². The summed E-state index contributed by atoms with van der Waals surface area (Å²) in [4.78, 5) is 11.0. The molecule has 2 N–H and O–H groups in total. The zero-order valence-electron chi connectivity index (χ0n) is 9.58. The van der Waals surface area contributed by atoms with Gasteiger partial charge in [0.25, 0.3) is 0 Å². The Morgan fingerprint density at radius 3 is 2.56 bits per heavy atom. The Bertz CT molecular complexity index is 713. The average Bonchev–Trinajstić information content (AvgIpc) is 2.87. The van der Waals surface area contributed by atoms with E-state index in [0.717, 1.165) is 16.8 Å². The monoisotopic (exact) mass is 237 g/mol. The molecule has 0 saturated heterocycles. The second-order valence-electron chi connectivity index (χ2n) is 4.02. The molecular formula is C14H11N3O. The summed E-state index contributed by atoms with van der Waals surface area (Å²) in [5.74, 6) is -0.418. The number of carbonyl (C=O) groups is 1. The van der Waals surface area contributed by atoms with Crippen molar-refractivity contribution in [3.8, 4) is 11.3 Å². The first-order chi connectivity index (χ1) is 8.75. The Balaban J connectivity index is 2.14. The minimum atomic E-state index is -0.418. The first-order valence-electron chi connectivity index (χ1n) is 5.59. The molecule has 0 fully saturated rings. The van der Waals surface area contributed by atoms with Crippen molar-refractivity contribution in [3.63, 3.8) is 0 Å². The largest absolute Gasteiger partial charge is 0.366 e. The molecule has 0 saturated carbocycles. The predicted octanol–water partition coefficient (Wildman–Crippen LogP) is 2.10. The highest BCUT2D eigenvalue weighted by molar-refractivity contribution is 5.93. The molecule has 0 aliphatic rings. The second kappa shape index (κ2) is 4.00. The van der Waals surface area contributed by atoms with Crippen LogP contribution in [0.15, 0.2) is 54.7 Å². The summed E-state index contributed by atoms with van der Waals surface area (Å²) in [5, 5.41) is 4.28. The van der Waals surface area contributed by atoms with Crippen LogP contribution in [0.4, 0.5) is 0 Å². The summed E-state index contributed by atoms with van der Waals surface area (Å²) >= 11 is 0. The summed E-state index contributed by atoms with van der Waals surface area (Å²) in [6.07, 6.45) is 1.76. The Labute approximate surface area is 104 Å². The van der Waals surface area contributed by atoms with Crippen molar-refractivity contribution >= 4 is 11.4 Å². The molecule has 0 unspecified atom stereocenters. The quantitative estimate of drug-likeness (QED) is 0.742. The van der Waals surface area contributed by atoms with Gasteiger partial charge in [-0.3, -0.25) is 4.79 Å². The maximum absolute atomic E-state index is 11.0. The van der Waals surface area contributed by atoms with Gasteiger partial charge in [0.15, 0.2) is 0 Å². The van der Waals surface area contributed by atoms with E-state index in [-0.39, 0.29) is 0 Å². The average molecular weight is 237 g/mol. The Morgan fingerprint density at radius 1 is 1.06 bits per heavy atom. The van der Waals surface area contributed by atoms with Crippen LogP contribution in [-0.2, 0) is 0 Å². The molecule has 0 bridgehead atoms. The van der Waals surface area contributed by atoms with Crippen LogP contribution < -0.4 is 5.73 Å². The number of hydrogen-bond acceptors (Lipinski definition) is 2. The number of hydrogen-bond donors (Lipinski definition) is 1. The van der Waals surface area contributed by atoms with Crippen molar-refractivity contribution in [2.75, 3.05) is 0 Å². The van der Waals surface area contributed by atoms with E-state index < -0.39 is 5.91 Å². The van der Waals surface area contributed by atoms with E-state index in [1.54, 1.807) is 18.3 Å². The molecule has 0 radical (unpaired) electrons. The van der Waals surface area contributed by atoms with Gasteiger partial charge in [0.2, 0.25) is 5.91 Å². The lowest BCUT2D eigenvalue weighted by Crippen LogP contribution is -2.10. The maximum Gasteiger partial charge on any atom is 0.248 e. The number of carbonyl (C=O) groups excluding carboxylic acids is 1. The highest BCUT2D eigenvalue weighted by Gasteiger charge is 2.05. The minimum absolute atomic E-state index is 0.418. The van der Waals surface area contributed by atoms with E-state index in [4.69, 9.17) is 5.73 Å². The molecule has 3 aromatic rings. The number of pyridine rings is 1. The fraction of sp³-hybridized carbons (Fsp3) is 0. The van der Waals surface area contributed by atoms with Crippen molar-refractivity contribution in [3.05, 3.63) is 60.3 Å². The molecule has 2 heterocycles. The van der Waals surface area contributed by atoms with Gasteiger partial charge in [-0.2, -0.15) is 5.10 Å². The van der Waals surface area contributed by atoms with Crippen molar-refractivity contribution in [2.24, 2.45) is 5.73 Å². The third-order valence-corrected chi connectivity index (χ3v) is 2.89. The number of nitrogens with two attached hydrogens (primary N) is 1. The van der Waals surface area contributed by atoms with Crippen LogP contribution in [0.3, 0.4) is 0 Å². The lowest BCUT2D eigenvalue weighted by atomic mass is 10.1. The summed E-state index contributed by atoms with van der Waals surface area (Å²) in [5.41, 5.74) is 8.73.